The second kappa shape index (κ2) is 4.58. The molecule has 0 saturated heterocycles. The Morgan fingerprint density at radius 3 is 2.64 bits per heavy atom. The van der Waals surface area contributed by atoms with E-state index in [-0.39, 0.29) is 5.41 Å². The molecular formula is C20H25N2+. The third-order valence-electron chi connectivity index (χ3n) is 5.98. The highest BCUT2D eigenvalue weighted by atomic mass is 15.4. The van der Waals surface area contributed by atoms with Crippen molar-refractivity contribution >= 4 is 5.70 Å². The molecule has 0 radical (unpaired) electrons. The number of hydrogen-bond donors (Lipinski definition) is 0. The zero-order chi connectivity index (χ0) is 15.5. The van der Waals surface area contributed by atoms with Gasteiger partial charge in [0.2, 0.25) is 0 Å². The number of nitrogens with zero attached hydrogens (tertiary/aromatic N) is 2. The standard InChI is InChI=1S/C20H25N2/c1-5-20(6-2)14(3)22-19-16(13-21(22)4)11-7-9-15-10-8-12-17(20)18(15)19/h8,10,12-13H,3,5-7,9,11H2,1-2,4H3/q+1. The summed E-state index contributed by atoms with van der Waals surface area (Å²) in [5.41, 5.74) is 8.74. The van der Waals surface area contributed by atoms with Crippen molar-refractivity contribution < 1.29 is 4.68 Å². The van der Waals surface area contributed by atoms with Gasteiger partial charge in [-0.3, -0.25) is 0 Å². The highest BCUT2D eigenvalue weighted by molar-refractivity contribution is 5.83. The number of aromatic nitrogens is 2. The molecule has 114 valence electrons. The topological polar surface area (TPSA) is 8.81 Å². The maximum Gasteiger partial charge on any atom is 0.199 e. The normalized spacial score (nSPS) is 18.0. The van der Waals surface area contributed by atoms with Crippen LogP contribution in [0.4, 0.5) is 0 Å². The number of allylic oxidation sites excluding steroid dienone is 1. The molecular weight excluding hydrogens is 268 g/mol. The molecule has 1 aromatic heterocycles. The number of benzene rings is 1. The summed E-state index contributed by atoms with van der Waals surface area (Å²) in [6.45, 7) is 9.16. The summed E-state index contributed by atoms with van der Waals surface area (Å²) in [5.74, 6) is 0. The van der Waals surface area contributed by atoms with Crippen LogP contribution in [0, 0.1) is 0 Å². The van der Waals surface area contributed by atoms with Crippen molar-refractivity contribution in [1.82, 2.24) is 4.68 Å². The monoisotopic (exact) mass is 293 g/mol. The van der Waals surface area contributed by atoms with Crippen LogP contribution in [0.15, 0.2) is 31.0 Å². The molecule has 1 aliphatic heterocycles. The van der Waals surface area contributed by atoms with Crippen molar-refractivity contribution in [2.45, 2.75) is 51.4 Å². The Kier molecular flexibility index (Phi) is 2.87. The Hall–Kier alpha value is -1.83. The molecule has 2 aliphatic rings. The fourth-order valence-corrected chi connectivity index (χ4v) is 4.77. The molecule has 1 aromatic carbocycles. The molecule has 0 amide bonds. The van der Waals surface area contributed by atoms with Crippen LogP contribution in [0.2, 0.25) is 0 Å². The SMILES string of the molecule is C=C1n2c3c(c[n+]2C)CCCc2cccc(c2-3)C1(CC)CC. The third-order valence-corrected chi connectivity index (χ3v) is 5.98. The van der Waals surface area contributed by atoms with Crippen LogP contribution in [-0.4, -0.2) is 4.68 Å². The Balaban J connectivity index is 2.18. The van der Waals surface area contributed by atoms with Gasteiger partial charge >= 0.3 is 0 Å². The molecule has 0 N–H and O–H groups in total. The lowest BCUT2D eigenvalue weighted by Gasteiger charge is -2.39. The quantitative estimate of drug-likeness (QED) is 0.740. The number of aryl methyl sites for hydroxylation is 3. The molecule has 0 atom stereocenters. The number of hydrogen-bond acceptors (Lipinski definition) is 0. The van der Waals surface area contributed by atoms with Gasteiger partial charge in [0.15, 0.2) is 13.2 Å². The minimum Gasteiger partial charge on any atom is -0.124 e. The van der Waals surface area contributed by atoms with Gasteiger partial charge in [-0.25, -0.2) is 0 Å². The Morgan fingerprint density at radius 1 is 1.18 bits per heavy atom. The zero-order valence-corrected chi connectivity index (χ0v) is 13.9. The van der Waals surface area contributed by atoms with Crippen LogP contribution in [-0.2, 0) is 25.3 Å². The van der Waals surface area contributed by atoms with Gasteiger partial charge in [-0.2, -0.15) is 0 Å². The summed E-state index contributed by atoms with van der Waals surface area (Å²) in [4.78, 5) is 0. The second-order valence-corrected chi connectivity index (χ2v) is 6.82. The molecule has 1 aliphatic carbocycles. The van der Waals surface area contributed by atoms with Gasteiger partial charge in [-0.05, 0) is 43.2 Å². The van der Waals surface area contributed by atoms with Crippen molar-refractivity contribution in [2.24, 2.45) is 7.05 Å². The van der Waals surface area contributed by atoms with E-state index in [1.165, 1.54) is 52.9 Å². The Bertz CT molecular complexity index is 775. The van der Waals surface area contributed by atoms with Gasteiger partial charge in [-0.15, -0.1) is 9.36 Å². The average molecular weight is 293 g/mol. The molecule has 0 bridgehead atoms. The van der Waals surface area contributed by atoms with E-state index in [2.05, 4.69) is 61.2 Å². The first-order valence-corrected chi connectivity index (χ1v) is 8.57. The minimum atomic E-state index is 0.0662. The van der Waals surface area contributed by atoms with Crippen molar-refractivity contribution in [2.75, 3.05) is 0 Å². The summed E-state index contributed by atoms with van der Waals surface area (Å²) >= 11 is 0. The van der Waals surface area contributed by atoms with Gasteiger partial charge in [0.25, 0.3) is 0 Å². The summed E-state index contributed by atoms with van der Waals surface area (Å²) < 4.78 is 4.64. The van der Waals surface area contributed by atoms with Gasteiger partial charge in [0.1, 0.15) is 5.69 Å². The van der Waals surface area contributed by atoms with Crippen molar-refractivity contribution in [1.29, 1.82) is 0 Å². The van der Waals surface area contributed by atoms with Crippen molar-refractivity contribution in [3.8, 4) is 11.3 Å². The lowest BCUT2D eigenvalue weighted by Crippen LogP contribution is -2.45. The molecule has 2 aromatic rings. The molecule has 0 unspecified atom stereocenters. The average Bonchev–Trinajstić information content (AvgIpc) is 2.74. The summed E-state index contributed by atoms with van der Waals surface area (Å²) in [6, 6.07) is 6.93. The van der Waals surface area contributed by atoms with Gasteiger partial charge in [0, 0.05) is 16.5 Å². The molecule has 0 fully saturated rings. The fourth-order valence-electron chi connectivity index (χ4n) is 4.77. The Labute approximate surface area is 133 Å². The van der Waals surface area contributed by atoms with Crippen LogP contribution >= 0.6 is 0 Å². The van der Waals surface area contributed by atoms with E-state index >= 15 is 0 Å². The minimum absolute atomic E-state index is 0.0662. The first-order chi connectivity index (χ1) is 10.6. The zero-order valence-electron chi connectivity index (χ0n) is 13.9. The highest BCUT2D eigenvalue weighted by Gasteiger charge is 2.45. The van der Waals surface area contributed by atoms with E-state index in [4.69, 9.17) is 0 Å². The molecule has 4 rings (SSSR count). The van der Waals surface area contributed by atoms with Crippen LogP contribution in [0.25, 0.3) is 17.0 Å². The molecule has 0 spiro atoms. The van der Waals surface area contributed by atoms with Crippen LogP contribution in [0.1, 0.15) is 49.8 Å². The van der Waals surface area contributed by atoms with Gasteiger partial charge in [0.05, 0.1) is 5.70 Å². The molecule has 2 nitrogen and oxygen atoms in total. The summed E-state index contributed by atoms with van der Waals surface area (Å²) in [6.07, 6.45) is 8.12. The second-order valence-electron chi connectivity index (χ2n) is 6.82. The lowest BCUT2D eigenvalue weighted by atomic mass is 9.68. The number of rotatable bonds is 2. The van der Waals surface area contributed by atoms with E-state index in [0.717, 1.165) is 12.8 Å². The molecule has 22 heavy (non-hydrogen) atoms. The first-order valence-electron chi connectivity index (χ1n) is 8.57. The van der Waals surface area contributed by atoms with Gasteiger partial charge in [-0.1, -0.05) is 38.6 Å². The maximum atomic E-state index is 4.55. The van der Waals surface area contributed by atoms with Crippen LogP contribution in [0.3, 0.4) is 0 Å². The predicted molar refractivity (Wildman–Crippen MR) is 90.7 cm³/mol. The molecule has 2 heteroatoms. The first kappa shape index (κ1) is 13.8. The van der Waals surface area contributed by atoms with Crippen molar-refractivity contribution in [3.05, 3.63) is 47.7 Å². The van der Waals surface area contributed by atoms with Crippen LogP contribution < -0.4 is 4.68 Å². The summed E-state index contributed by atoms with van der Waals surface area (Å²) in [5, 5.41) is 0. The maximum absolute atomic E-state index is 4.55. The van der Waals surface area contributed by atoms with Gasteiger partial charge < -0.3 is 0 Å². The molecule has 0 saturated carbocycles. The van der Waals surface area contributed by atoms with E-state index in [1.807, 2.05) is 0 Å². The molecule has 2 heterocycles. The fraction of sp³-hybridized carbons (Fsp3) is 0.450. The van der Waals surface area contributed by atoms with E-state index in [0.29, 0.717) is 0 Å². The van der Waals surface area contributed by atoms with E-state index < -0.39 is 0 Å². The smallest absolute Gasteiger partial charge is 0.124 e. The largest absolute Gasteiger partial charge is 0.199 e. The highest BCUT2D eigenvalue weighted by Crippen LogP contribution is 2.51. The third kappa shape index (κ3) is 1.48. The van der Waals surface area contributed by atoms with E-state index in [1.54, 1.807) is 0 Å². The van der Waals surface area contributed by atoms with E-state index in [9.17, 15) is 0 Å². The van der Waals surface area contributed by atoms with Crippen LogP contribution in [0.5, 0.6) is 0 Å². The lowest BCUT2D eigenvalue weighted by molar-refractivity contribution is -0.742. The predicted octanol–water partition coefficient (Wildman–Crippen LogP) is 4.01. The van der Waals surface area contributed by atoms with Crippen molar-refractivity contribution in [3.63, 3.8) is 0 Å². The summed E-state index contributed by atoms with van der Waals surface area (Å²) in [7, 11) is 2.16. The Morgan fingerprint density at radius 2 is 1.91 bits per heavy atom.